The normalized spacial score (nSPS) is 13.6. The van der Waals surface area contributed by atoms with Crippen LogP contribution in [0.2, 0.25) is 0 Å². The lowest BCUT2D eigenvalue weighted by molar-refractivity contribution is -0.333. The van der Waals surface area contributed by atoms with E-state index in [1.807, 2.05) is 37.3 Å². The van der Waals surface area contributed by atoms with Gasteiger partial charge in [-0.25, -0.2) is 4.98 Å². The minimum atomic E-state index is -0.525. The Balaban J connectivity index is 1.39. The Morgan fingerprint density at radius 2 is 1.89 bits per heavy atom. The van der Waals surface area contributed by atoms with Gasteiger partial charge in [0.1, 0.15) is 0 Å². The van der Waals surface area contributed by atoms with Gasteiger partial charge in [-0.3, -0.25) is 24.8 Å². The molecule has 1 aliphatic heterocycles. The monoisotopic (exact) mass is 485 g/mol. The summed E-state index contributed by atoms with van der Waals surface area (Å²) in [6, 6.07) is 14.6. The van der Waals surface area contributed by atoms with Crippen LogP contribution in [-0.4, -0.2) is 46.3 Å². The van der Waals surface area contributed by atoms with E-state index in [2.05, 4.69) is 30.8 Å². The Bertz CT molecular complexity index is 1420. The number of fused-ring (bicyclic) bond motifs is 1. The second-order valence-electron chi connectivity index (χ2n) is 8.92. The predicted octanol–water partition coefficient (Wildman–Crippen LogP) is 3.31. The highest BCUT2D eigenvalue weighted by molar-refractivity contribution is 6.00. The van der Waals surface area contributed by atoms with Crippen LogP contribution >= 0.6 is 0 Å². The molecule has 3 heterocycles. The zero-order valence-electron chi connectivity index (χ0n) is 20.0. The summed E-state index contributed by atoms with van der Waals surface area (Å²) in [5.41, 5.74) is 9.73. The van der Waals surface area contributed by atoms with Crippen molar-refractivity contribution < 1.29 is 14.6 Å². The van der Waals surface area contributed by atoms with E-state index in [0.717, 1.165) is 48.2 Å². The number of benzene rings is 2. The first-order valence-corrected chi connectivity index (χ1v) is 11.9. The minimum Gasteiger partial charge on any atom is -0.366 e. The molecule has 2 amide bonds. The molecule has 2 aromatic carbocycles. The number of aromatic amines is 2. The van der Waals surface area contributed by atoms with Crippen LogP contribution in [0, 0.1) is 6.92 Å². The zero-order chi connectivity index (χ0) is 25.1. The van der Waals surface area contributed by atoms with Gasteiger partial charge in [0.05, 0.1) is 28.9 Å². The van der Waals surface area contributed by atoms with E-state index in [9.17, 15) is 9.59 Å². The number of likely N-dealkylation sites (tertiary alicyclic amines) is 1. The Morgan fingerprint density at radius 3 is 2.69 bits per heavy atom. The fourth-order valence-corrected chi connectivity index (χ4v) is 4.38. The first-order chi connectivity index (χ1) is 17.5. The predicted molar refractivity (Wildman–Crippen MR) is 140 cm³/mol. The summed E-state index contributed by atoms with van der Waals surface area (Å²) in [4.78, 5) is 37.7. The van der Waals surface area contributed by atoms with E-state index in [1.54, 1.807) is 24.4 Å². The highest BCUT2D eigenvalue weighted by atomic mass is 16.2. The van der Waals surface area contributed by atoms with Crippen LogP contribution in [0.15, 0.2) is 54.7 Å². The van der Waals surface area contributed by atoms with Crippen molar-refractivity contribution in [3.05, 3.63) is 65.9 Å². The SMILES string of the molecule is Cc1ccc(NC(=O)CN2CCCC2)cc1Nc1nc(Nc2ccccc2C(N)=O)c2cc[nH]c2[nH+]1. The summed E-state index contributed by atoms with van der Waals surface area (Å²) in [7, 11) is 0. The number of carbonyl (C=O) groups is 2. The lowest BCUT2D eigenvalue weighted by Gasteiger charge is -2.15. The number of nitrogens with zero attached hydrogens (tertiary/aromatic N) is 2. The first kappa shape index (κ1) is 23.3. The van der Waals surface area contributed by atoms with E-state index in [-0.39, 0.29) is 5.91 Å². The summed E-state index contributed by atoms with van der Waals surface area (Å²) in [5.74, 6) is 0.480. The van der Waals surface area contributed by atoms with Gasteiger partial charge < -0.3 is 16.4 Å². The molecule has 0 radical (unpaired) electrons. The van der Waals surface area contributed by atoms with Gasteiger partial charge in [-0.2, -0.15) is 0 Å². The van der Waals surface area contributed by atoms with Crippen LogP contribution in [-0.2, 0) is 4.79 Å². The van der Waals surface area contributed by atoms with Gasteiger partial charge >= 0.3 is 5.95 Å². The largest absolute Gasteiger partial charge is 0.366 e. The molecular formula is C26H29N8O2+. The minimum absolute atomic E-state index is 0.0243. The van der Waals surface area contributed by atoms with Crippen molar-refractivity contribution in [2.24, 2.45) is 5.73 Å². The Hall–Kier alpha value is -4.44. The molecule has 5 rings (SSSR count). The number of H-pyrrole nitrogens is 2. The molecule has 0 aliphatic carbocycles. The summed E-state index contributed by atoms with van der Waals surface area (Å²) < 4.78 is 0. The van der Waals surface area contributed by atoms with Gasteiger partial charge in [-0.05, 0) is 68.8 Å². The molecule has 10 heteroatoms. The van der Waals surface area contributed by atoms with E-state index < -0.39 is 5.91 Å². The van der Waals surface area contributed by atoms with Gasteiger partial charge in [0.2, 0.25) is 17.4 Å². The topological polar surface area (TPSA) is 142 Å². The average Bonchev–Trinajstić information content (AvgIpc) is 3.54. The van der Waals surface area contributed by atoms with E-state index in [0.29, 0.717) is 35.2 Å². The number of hydrogen-bond donors (Lipinski definition) is 5. The molecule has 184 valence electrons. The maximum Gasteiger partial charge on any atom is 0.351 e. The molecular weight excluding hydrogens is 456 g/mol. The number of primary amides is 1. The van der Waals surface area contributed by atoms with E-state index in [4.69, 9.17) is 10.7 Å². The van der Waals surface area contributed by atoms with Crippen molar-refractivity contribution in [2.45, 2.75) is 19.8 Å². The van der Waals surface area contributed by atoms with Gasteiger partial charge in [-0.1, -0.05) is 23.2 Å². The highest BCUT2D eigenvalue weighted by Crippen LogP contribution is 2.27. The molecule has 1 fully saturated rings. The van der Waals surface area contributed by atoms with Crippen LogP contribution < -0.4 is 26.7 Å². The van der Waals surface area contributed by atoms with Crippen LogP contribution in [0.25, 0.3) is 11.0 Å². The number of para-hydroxylation sites is 1. The Kier molecular flexibility index (Phi) is 6.50. The number of aryl methyl sites for hydroxylation is 1. The Morgan fingerprint density at radius 1 is 1.08 bits per heavy atom. The van der Waals surface area contributed by atoms with Crippen molar-refractivity contribution in [3.8, 4) is 0 Å². The molecule has 0 spiro atoms. The maximum absolute atomic E-state index is 12.5. The molecule has 1 aliphatic rings. The van der Waals surface area contributed by atoms with E-state index in [1.165, 1.54) is 0 Å². The third-order valence-corrected chi connectivity index (χ3v) is 6.26. The lowest BCUT2D eigenvalue weighted by Crippen LogP contribution is -2.30. The standard InChI is InChI=1S/C26H28N8O2/c1-16-8-9-17(29-22(35)15-34-12-4-5-13-34)14-21(16)31-26-32-24-19(10-11-28-24)25(33-26)30-20-7-3-2-6-18(20)23(27)36/h2-3,6-11,14H,4-5,12-13,15H2,1H3,(H2,27,36)(H,29,35)(H3,28,30,31,32,33)/p+1. The molecule has 2 aromatic heterocycles. The Labute approximate surface area is 208 Å². The number of hydrogen-bond acceptors (Lipinski definition) is 6. The number of nitrogens with two attached hydrogens (primary N) is 1. The highest BCUT2D eigenvalue weighted by Gasteiger charge is 2.19. The molecule has 0 saturated carbocycles. The van der Waals surface area contributed by atoms with Gasteiger partial charge in [0.25, 0.3) is 5.91 Å². The quantitative estimate of drug-likeness (QED) is 0.259. The molecule has 10 nitrogen and oxygen atoms in total. The molecule has 1 saturated heterocycles. The number of anilines is 5. The number of rotatable bonds is 8. The van der Waals surface area contributed by atoms with Crippen molar-refractivity contribution in [2.75, 3.05) is 35.6 Å². The first-order valence-electron chi connectivity index (χ1n) is 11.9. The summed E-state index contributed by atoms with van der Waals surface area (Å²) >= 11 is 0. The molecule has 0 unspecified atom stereocenters. The van der Waals surface area contributed by atoms with Gasteiger partial charge in [0.15, 0.2) is 0 Å². The van der Waals surface area contributed by atoms with Crippen LogP contribution in [0.3, 0.4) is 0 Å². The summed E-state index contributed by atoms with van der Waals surface area (Å²) in [6.45, 7) is 4.32. The lowest BCUT2D eigenvalue weighted by atomic mass is 10.1. The van der Waals surface area contributed by atoms with Gasteiger partial charge in [0, 0.05) is 11.9 Å². The van der Waals surface area contributed by atoms with Gasteiger partial charge in [-0.15, -0.1) is 0 Å². The summed E-state index contributed by atoms with van der Waals surface area (Å²) in [5, 5.41) is 10.4. The van der Waals surface area contributed by atoms with Crippen molar-refractivity contribution in [3.63, 3.8) is 0 Å². The molecule has 4 aromatic rings. The molecule has 36 heavy (non-hydrogen) atoms. The van der Waals surface area contributed by atoms with E-state index >= 15 is 0 Å². The number of amides is 2. The summed E-state index contributed by atoms with van der Waals surface area (Å²) in [6.07, 6.45) is 4.09. The third-order valence-electron chi connectivity index (χ3n) is 6.26. The second kappa shape index (κ2) is 10.0. The third kappa shape index (κ3) is 5.13. The molecule has 0 bridgehead atoms. The fourth-order valence-electron chi connectivity index (χ4n) is 4.38. The van der Waals surface area contributed by atoms with Crippen molar-refractivity contribution in [1.29, 1.82) is 0 Å². The van der Waals surface area contributed by atoms with Crippen LogP contribution in [0.5, 0.6) is 0 Å². The van der Waals surface area contributed by atoms with Crippen molar-refractivity contribution in [1.82, 2.24) is 14.9 Å². The number of nitrogens with one attached hydrogen (secondary N) is 5. The van der Waals surface area contributed by atoms with Crippen LogP contribution in [0.4, 0.5) is 28.8 Å². The number of aromatic nitrogens is 3. The second-order valence-corrected chi connectivity index (χ2v) is 8.92. The fraction of sp³-hybridized carbons (Fsp3) is 0.231. The molecule has 0 atom stereocenters. The zero-order valence-corrected chi connectivity index (χ0v) is 20.0. The van der Waals surface area contributed by atoms with Crippen LogP contribution in [0.1, 0.15) is 28.8 Å². The average molecular weight is 486 g/mol. The smallest absolute Gasteiger partial charge is 0.351 e. The molecule has 7 N–H and O–H groups in total. The maximum atomic E-state index is 12.5. The van der Waals surface area contributed by atoms with Crippen molar-refractivity contribution >= 4 is 51.7 Å². The number of carbonyl (C=O) groups excluding carboxylic acids is 2.